The van der Waals surface area contributed by atoms with Crippen LogP contribution in [-0.2, 0) is 4.79 Å². The number of nitrogens with one attached hydrogen (secondary N) is 2. The number of carbonyl (C=O) groups is 2. The Labute approximate surface area is 156 Å². The van der Waals surface area contributed by atoms with Crippen molar-refractivity contribution in [1.29, 1.82) is 0 Å². The zero-order valence-electron chi connectivity index (χ0n) is 14.8. The number of para-hydroxylation sites is 2. The van der Waals surface area contributed by atoms with Crippen LogP contribution in [0.2, 0.25) is 0 Å². The molecule has 6 nitrogen and oxygen atoms in total. The van der Waals surface area contributed by atoms with Crippen molar-refractivity contribution in [2.45, 2.75) is 31.3 Å². The highest BCUT2D eigenvalue weighted by molar-refractivity contribution is 5.99. The maximum Gasteiger partial charge on any atom is 0.252 e. The van der Waals surface area contributed by atoms with E-state index >= 15 is 0 Å². The van der Waals surface area contributed by atoms with Gasteiger partial charge in [-0.2, -0.15) is 0 Å². The number of aromatic amines is 1. The van der Waals surface area contributed by atoms with Crippen molar-refractivity contribution in [1.82, 2.24) is 20.2 Å². The van der Waals surface area contributed by atoms with Gasteiger partial charge in [0, 0.05) is 12.1 Å². The Morgan fingerprint density at radius 2 is 1.96 bits per heavy atom. The summed E-state index contributed by atoms with van der Waals surface area (Å²) < 4.78 is 0. The molecular weight excluding hydrogens is 340 g/mol. The van der Waals surface area contributed by atoms with E-state index in [0.717, 1.165) is 41.8 Å². The second-order valence-electron chi connectivity index (χ2n) is 7.20. The number of hydrogen-bond acceptors (Lipinski definition) is 3. The van der Waals surface area contributed by atoms with Gasteiger partial charge in [0.15, 0.2) is 0 Å². The molecule has 2 amide bonds. The van der Waals surface area contributed by atoms with Crippen LogP contribution in [0.15, 0.2) is 48.5 Å². The molecule has 0 radical (unpaired) electrons. The van der Waals surface area contributed by atoms with Crippen LogP contribution in [0.25, 0.3) is 11.0 Å². The van der Waals surface area contributed by atoms with Crippen LogP contribution in [0.5, 0.6) is 0 Å². The van der Waals surface area contributed by atoms with Crippen molar-refractivity contribution in [3.05, 3.63) is 65.5 Å². The lowest BCUT2D eigenvalue weighted by Crippen LogP contribution is -2.34. The molecule has 2 N–H and O–H groups in total. The molecule has 27 heavy (non-hydrogen) atoms. The SMILES string of the molecule is O=C1N[C@@H](CC(=O)N2CCC[C@H]2c2nc3ccccc3[nH]2)c2ccccc21. The van der Waals surface area contributed by atoms with Crippen molar-refractivity contribution in [3.8, 4) is 0 Å². The fraction of sp³-hybridized carbons (Fsp3) is 0.286. The predicted molar refractivity (Wildman–Crippen MR) is 101 cm³/mol. The van der Waals surface area contributed by atoms with Gasteiger partial charge in [-0.1, -0.05) is 30.3 Å². The monoisotopic (exact) mass is 360 g/mol. The predicted octanol–water partition coefficient (Wildman–Crippen LogP) is 3.10. The average Bonchev–Trinajstić information content (AvgIpc) is 3.39. The average molecular weight is 360 g/mol. The van der Waals surface area contributed by atoms with E-state index in [0.29, 0.717) is 5.56 Å². The third-order valence-corrected chi connectivity index (χ3v) is 5.56. The Balaban J connectivity index is 1.37. The van der Waals surface area contributed by atoms with Gasteiger partial charge in [0.2, 0.25) is 5.91 Å². The number of H-pyrrole nitrogens is 1. The topological polar surface area (TPSA) is 78.1 Å². The minimum atomic E-state index is -0.252. The largest absolute Gasteiger partial charge is 0.345 e. The fourth-order valence-corrected chi connectivity index (χ4v) is 4.25. The van der Waals surface area contributed by atoms with Gasteiger partial charge in [-0.25, -0.2) is 4.98 Å². The molecule has 0 aliphatic carbocycles. The summed E-state index contributed by atoms with van der Waals surface area (Å²) in [6.07, 6.45) is 2.14. The zero-order chi connectivity index (χ0) is 18.4. The number of benzene rings is 2. The summed E-state index contributed by atoms with van der Waals surface area (Å²) in [5.41, 5.74) is 3.49. The normalized spacial score (nSPS) is 21.5. The molecule has 3 heterocycles. The molecule has 2 atom stereocenters. The van der Waals surface area contributed by atoms with E-state index < -0.39 is 0 Å². The lowest BCUT2D eigenvalue weighted by atomic mass is 10.0. The van der Waals surface area contributed by atoms with Crippen LogP contribution in [0.1, 0.15) is 53.1 Å². The van der Waals surface area contributed by atoms with Gasteiger partial charge in [0.1, 0.15) is 5.82 Å². The quantitative estimate of drug-likeness (QED) is 0.753. The Morgan fingerprint density at radius 1 is 1.15 bits per heavy atom. The van der Waals surface area contributed by atoms with Gasteiger partial charge in [-0.3, -0.25) is 9.59 Å². The first-order chi connectivity index (χ1) is 13.2. The highest BCUT2D eigenvalue weighted by Gasteiger charge is 2.36. The molecule has 0 spiro atoms. The van der Waals surface area contributed by atoms with E-state index in [1.807, 2.05) is 53.4 Å². The first kappa shape index (κ1) is 16.1. The third kappa shape index (κ3) is 2.68. The highest BCUT2D eigenvalue weighted by atomic mass is 16.2. The van der Waals surface area contributed by atoms with Crippen LogP contribution in [-0.4, -0.2) is 33.2 Å². The van der Waals surface area contributed by atoms with E-state index in [1.165, 1.54) is 0 Å². The first-order valence-electron chi connectivity index (χ1n) is 9.34. The van der Waals surface area contributed by atoms with Crippen LogP contribution in [0.3, 0.4) is 0 Å². The second kappa shape index (κ2) is 6.23. The standard InChI is InChI=1S/C21H20N4O2/c26-19(12-17-13-6-1-2-7-14(13)21(27)24-17)25-11-5-10-18(25)20-22-15-8-3-4-9-16(15)23-20/h1-4,6-9,17-18H,5,10-12H2,(H,22,23)(H,24,27)/t17-,18-/m0/s1. The number of nitrogens with zero attached hydrogens (tertiary/aromatic N) is 2. The number of rotatable bonds is 3. The van der Waals surface area contributed by atoms with Crippen molar-refractivity contribution in [2.24, 2.45) is 0 Å². The van der Waals surface area contributed by atoms with E-state index in [9.17, 15) is 9.59 Å². The molecule has 2 aliphatic rings. The number of likely N-dealkylation sites (tertiary alicyclic amines) is 1. The maximum atomic E-state index is 13.0. The van der Waals surface area contributed by atoms with Gasteiger partial charge in [-0.15, -0.1) is 0 Å². The van der Waals surface area contributed by atoms with Gasteiger partial charge < -0.3 is 15.2 Å². The number of fused-ring (bicyclic) bond motifs is 2. The molecule has 1 saturated heterocycles. The first-order valence-corrected chi connectivity index (χ1v) is 9.34. The minimum Gasteiger partial charge on any atom is -0.345 e. The smallest absolute Gasteiger partial charge is 0.252 e. The van der Waals surface area contributed by atoms with E-state index in [4.69, 9.17) is 0 Å². The van der Waals surface area contributed by atoms with Crippen LogP contribution in [0, 0.1) is 0 Å². The maximum absolute atomic E-state index is 13.0. The van der Waals surface area contributed by atoms with Crippen molar-refractivity contribution >= 4 is 22.8 Å². The van der Waals surface area contributed by atoms with Gasteiger partial charge >= 0.3 is 0 Å². The van der Waals surface area contributed by atoms with Crippen LogP contribution >= 0.6 is 0 Å². The Kier molecular flexibility index (Phi) is 3.70. The minimum absolute atomic E-state index is 0.0303. The van der Waals surface area contributed by atoms with Crippen molar-refractivity contribution in [2.75, 3.05) is 6.54 Å². The summed E-state index contributed by atoms with van der Waals surface area (Å²) in [4.78, 5) is 35.1. The summed E-state index contributed by atoms with van der Waals surface area (Å²) in [7, 11) is 0. The van der Waals surface area contributed by atoms with Gasteiger partial charge in [0.05, 0.1) is 29.5 Å². The van der Waals surface area contributed by atoms with Gasteiger partial charge in [-0.05, 0) is 36.6 Å². The molecule has 136 valence electrons. The van der Waals surface area contributed by atoms with Crippen molar-refractivity contribution in [3.63, 3.8) is 0 Å². The van der Waals surface area contributed by atoms with E-state index in [1.54, 1.807) is 0 Å². The third-order valence-electron chi connectivity index (χ3n) is 5.56. The summed E-state index contributed by atoms with van der Waals surface area (Å²) in [5, 5.41) is 2.94. The van der Waals surface area contributed by atoms with Crippen LogP contribution in [0.4, 0.5) is 0 Å². The molecule has 1 fully saturated rings. The second-order valence-corrected chi connectivity index (χ2v) is 7.20. The Morgan fingerprint density at radius 3 is 2.85 bits per heavy atom. The number of aromatic nitrogens is 2. The number of hydrogen-bond donors (Lipinski definition) is 2. The summed E-state index contributed by atoms with van der Waals surface area (Å²) in [5.74, 6) is 0.802. The molecule has 3 aromatic rings. The lowest BCUT2D eigenvalue weighted by molar-refractivity contribution is -0.132. The highest BCUT2D eigenvalue weighted by Crippen LogP contribution is 2.34. The molecule has 6 heteroatoms. The molecule has 2 aliphatic heterocycles. The number of carbonyl (C=O) groups excluding carboxylic acids is 2. The van der Waals surface area contributed by atoms with Gasteiger partial charge in [0.25, 0.3) is 5.91 Å². The lowest BCUT2D eigenvalue weighted by Gasteiger charge is -2.25. The molecule has 0 bridgehead atoms. The van der Waals surface area contributed by atoms with E-state index in [2.05, 4.69) is 15.3 Å². The van der Waals surface area contributed by atoms with Crippen molar-refractivity contribution < 1.29 is 9.59 Å². The summed E-state index contributed by atoms with van der Waals surface area (Å²) in [6.45, 7) is 0.725. The Bertz CT molecular complexity index is 1010. The fourth-order valence-electron chi connectivity index (χ4n) is 4.25. The molecular formula is C21H20N4O2. The molecule has 1 aromatic heterocycles. The molecule has 0 saturated carbocycles. The summed E-state index contributed by atoms with van der Waals surface area (Å²) >= 11 is 0. The molecule has 0 unspecified atom stereocenters. The molecule has 5 rings (SSSR count). The number of amides is 2. The Hall–Kier alpha value is -3.15. The summed E-state index contributed by atoms with van der Waals surface area (Å²) in [6, 6.07) is 15.1. The number of imidazole rings is 1. The van der Waals surface area contributed by atoms with E-state index in [-0.39, 0.29) is 30.3 Å². The van der Waals surface area contributed by atoms with Crippen LogP contribution < -0.4 is 5.32 Å². The molecule has 2 aromatic carbocycles. The zero-order valence-corrected chi connectivity index (χ0v) is 14.8.